The van der Waals surface area contributed by atoms with Gasteiger partial charge in [-0.3, -0.25) is 0 Å². The SMILES string of the molecule is CC(N)c1cncn1-c1ccc(F)cc1Cl. The summed E-state index contributed by atoms with van der Waals surface area (Å²) in [5, 5.41) is 0.333. The summed E-state index contributed by atoms with van der Waals surface area (Å²) in [6.45, 7) is 1.85. The number of hydrogen-bond acceptors (Lipinski definition) is 2. The normalized spacial score (nSPS) is 12.8. The molecule has 0 aliphatic rings. The van der Waals surface area contributed by atoms with E-state index in [0.717, 1.165) is 5.69 Å². The molecule has 84 valence electrons. The quantitative estimate of drug-likeness (QED) is 0.876. The van der Waals surface area contributed by atoms with Crippen LogP contribution in [0.15, 0.2) is 30.7 Å². The Morgan fingerprint density at radius 3 is 2.88 bits per heavy atom. The molecule has 2 N–H and O–H groups in total. The van der Waals surface area contributed by atoms with E-state index in [0.29, 0.717) is 10.7 Å². The first-order valence-corrected chi connectivity index (χ1v) is 5.20. The molecule has 3 nitrogen and oxygen atoms in total. The Hall–Kier alpha value is -1.39. The number of halogens is 2. The minimum absolute atomic E-state index is 0.163. The van der Waals surface area contributed by atoms with Gasteiger partial charge in [-0.25, -0.2) is 9.37 Å². The highest BCUT2D eigenvalue weighted by atomic mass is 35.5. The summed E-state index contributed by atoms with van der Waals surface area (Å²) in [6, 6.07) is 4.06. The summed E-state index contributed by atoms with van der Waals surface area (Å²) in [5.41, 5.74) is 7.30. The molecule has 0 radical (unpaired) electrons. The maximum absolute atomic E-state index is 12.9. The maximum atomic E-state index is 12.9. The smallest absolute Gasteiger partial charge is 0.124 e. The van der Waals surface area contributed by atoms with Gasteiger partial charge < -0.3 is 10.3 Å². The monoisotopic (exact) mass is 239 g/mol. The highest BCUT2D eigenvalue weighted by Crippen LogP contribution is 2.24. The van der Waals surface area contributed by atoms with Gasteiger partial charge in [0.2, 0.25) is 0 Å². The second kappa shape index (κ2) is 4.23. The zero-order valence-corrected chi connectivity index (χ0v) is 9.45. The third kappa shape index (κ3) is 1.94. The minimum Gasteiger partial charge on any atom is -0.323 e. The fourth-order valence-corrected chi connectivity index (χ4v) is 1.78. The van der Waals surface area contributed by atoms with Crippen LogP contribution in [0.25, 0.3) is 5.69 Å². The predicted molar refractivity (Wildman–Crippen MR) is 61.1 cm³/mol. The molecule has 16 heavy (non-hydrogen) atoms. The van der Waals surface area contributed by atoms with E-state index in [1.165, 1.54) is 12.1 Å². The molecular formula is C11H11ClFN3. The standard InChI is InChI=1S/C11H11ClFN3/c1-7(14)11-5-15-6-16(11)10-3-2-8(13)4-9(10)12/h2-7H,14H2,1H3. The molecule has 1 aromatic carbocycles. The summed E-state index contributed by atoms with van der Waals surface area (Å²) >= 11 is 5.97. The Morgan fingerprint density at radius 1 is 1.50 bits per heavy atom. The van der Waals surface area contributed by atoms with Crippen molar-refractivity contribution in [2.75, 3.05) is 0 Å². The van der Waals surface area contributed by atoms with Crippen molar-refractivity contribution in [3.63, 3.8) is 0 Å². The highest BCUT2D eigenvalue weighted by Gasteiger charge is 2.11. The van der Waals surface area contributed by atoms with Crippen LogP contribution in [0.3, 0.4) is 0 Å². The van der Waals surface area contributed by atoms with Gasteiger partial charge in [0, 0.05) is 6.04 Å². The van der Waals surface area contributed by atoms with Gasteiger partial charge in [-0.05, 0) is 25.1 Å². The first-order chi connectivity index (χ1) is 7.59. The molecule has 0 spiro atoms. The van der Waals surface area contributed by atoms with Gasteiger partial charge in [0.05, 0.1) is 28.9 Å². The van der Waals surface area contributed by atoms with Gasteiger partial charge in [-0.15, -0.1) is 0 Å². The number of nitrogens with zero attached hydrogens (tertiary/aromatic N) is 2. The van der Waals surface area contributed by atoms with Crippen LogP contribution in [-0.4, -0.2) is 9.55 Å². The zero-order chi connectivity index (χ0) is 11.7. The van der Waals surface area contributed by atoms with Crippen molar-refractivity contribution in [3.05, 3.63) is 47.3 Å². The van der Waals surface area contributed by atoms with Crippen LogP contribution in [-0.2, 0) is 0 Å². The fraction of sp³-hybridized carbons (Fsp3) is 0.182. The van der Waals surface area contributed by atoms with E-state index in [-0.39, 0.29) is 11.9 Å². The van der Waals surface area contributed by atoms with Crippen LogP contribution in [0.4, 0.5) is 4.39 Å². The molecule has 1 unspecified atom stereocenters. The predicted octanol–water partition coefficient (Wildman–Crippen LogP) is 2.68. The van der Waals surface area contributed by atoms with Gasteiger partial charge in [0.1, 0.15) is 5.82 Å². The molecule has 0 aliphatic heterocycles. The van der Waals surface area contributed by atoms with Gasteiger partial charge in [0.25, 0.3) is 0 Å². The lowest BCUT2D eigenvalue weighted by Crippen LogP contribution is -2.10. The zero-order valence-electron chi connectivity index (χ0n) is 8.69. The molecule has 0 saturated carbocycles. The van der Waals surface area contributed by atoms with Crippen molar-refractivity contribution in [2.24, 2.45) is 5.73 Å². The molecule has 2 rings (SSSR count). The summed E-state index contributed by atoms with van der Waals surface area (Å²) in [5.74, 6) is -0.365. The average Bonchev–Trinajstić information content (AvgIpc) is 2.66. The first kappa shape index (κ1) is 11.1. The topological polar surface area (TPSA) is 43.8 Å². The molecule has 1 aromatic heterocycles. The van der Waals surface area contributed by atoms with Gasteiger partial charge >= 0.3 is 0 Å². The lowest BCUT2D eigenvalue weighted by Gasteiger charge is -2.12. The van der Waals surface area contributed by atoms with E-state index in [1.807, 2.05) is 6.92 Å². The van der Waals surface area contributed by atoms with Crippen LogP contribution in [0.1, 0.15) is 18.7 Å². The lowest BCUT2D eigenvalue weighted by atomic mass is 10.2. The van der Waals surface area contributed by atoms with E-state index in [2.05, 4.69) is 4.98 Å². The van der Waals surface area contributed by atoms with Crippen LogP contribution in [0.5, 0.6) is 0 Å². The van der Waals surface area contributed by atoms with E-state index >= 15 is 0 Å². The maximum Gasteiger partial charge on any atom is 0.124 e. The summed E-state index contributed by atoms with van der Waals surface area (Å²) < 4.78 is 14.7. The molecule has 0 aliphatic carbocycles. The molecule has 0 amide bonds. The fourth-order valence-electron chi connectivity index (χ4n) is 1.52. The van der Waals surface area contributed by atoms with Crippen molar-refractivity contribution in [1.82, 2.24) is 9.55 Å². The van der Waals surface area contributed by atoms with Crippen LogP contribution < -0.4 is 5.73 Å². The molecule has 0 bridgehead atoms. The van der Waals surface area contributed by atoms with Crippen molar-refractivity contribution < 1.29 is 4.39 Å². The van der Waals surface area contributed by atoms with Crippen LogP contribution in [0, 0.1) is 5.82 Å². The van der Waals surface area contributed by atoms with E-state index < -0.39 is 0 Å². The first-order valence-electron chi connectivity index (χ1n) is 4.83. The number of nitrogens with two attached hydrogens (primary N) is 1. The highest BCUT2D eigenvalue weighted by molar-refractivity contribution is 6.32. The summed E-state index contributed by atoms with van der Waals surface area (Å²) in [4.78, 5) is 4.01. The third-order valence-electron chi connectivity index (χ3n) is 2.30. The van der Waals surface area contributed by atoms with Gasteiger partial charge in [-0.1, -0.05) is 11.6 Å². The van der Waals surface area contributed by atoms with Crippen molar-refractivity contribution in [3.8, 4) is 5.69 Å². The van der Waals surface area contributed by atoms with Gasteiger partial charge in [-0.2, -0.15) is 0 Å². The molecule has 1 atom stereocenters. The number of aromatic nitrogens is 2. The van der Waals surface area contributed by atoms with Crippen molar-refractivity contribution in [2.45, 2.75) is 13.0 Å². The van der Waals surface area contributed by atoms with Gasteiger partial charge in [0.15, 0.2) is 0 Å². The van der Waals surface area contributed by atoms with E-state index in [9.17, 15) is 4.39 Å². The minimum atomic E-state index is -0.365. The number of rotatable bonds is 2. The average molecular weight is 240 g/mol. The second-order valence-electron chi connectivity index (χ2n) is 3.57. The molecule has 1 heterocycles. The number of imidazole rings is 1. The molecule has 0 fully saturated rings. The Balaban J connectivity index is 2.54. The Morgan fingerprint density at radius 2 is 2.25 bits per heavy atom. The molecule has 0 saturated heterocycles. The second-order valence-corrected chi connectivity index (χ2v) is 3.98. The van der Waals surface area contributed by atoms with E-state index in [1.54, 1.807) is 23.2 Å². The van der Waals surface area contributed by atoms with Crippen LogP contribution >= 0.6 is 11.6 Å². The molecule has 5 heteroatoms. The number of hydrogen-bond donors (Lipinski definition) is 1. The summed E-state index contributed by atoms with van der Waals surface area (Å²) in [6.07, 6.45) is 3.28. The van der Waals surface area contributed by atoms with Crippen LogP contribution in [0.2, 0.25) is 5.02 Å². The molecular weight excluding hydrogens is 229 g/mol. The Bertz CT molecular complexity index is 508. The summed E-state index contributed by atoms with van der Waals surface area (Å²) in [7, 11) is 0. The molecule has 2 aromatic rings. The third-order valence-corrected chi connectivity index (χ3v) is 2.61. The lowest BCUT2D eigenvalue weighted by molar-refractivity contribution is 0.627. The Kier molecular flexibility index (Phi) is 2.94. The van der Waals surface area contributed by atoms with E-state index in [4.69, 9.17) is 17.3 Å². The van der Waals surface area contributed by atoms with Crippen molar-refractivity contribution in [1.29, 1.82) is 0 Å². The Labute approximate surface area is 97.7 Å². The number of benzene rings is 1. The largest absolute Gasteiger partial charge is 0.323 e. The van der Waals surface area contributed by atoms with Crippen molar-refractivity contribution >= 4 is 11.6 Å².